The summed E-state index contributed by atoms with van der Waals surface area (Å²) in [7, 11) is -7.07. The molecule has 1 aromatic carbocycles. The summed E-state index contributed by atoms with van der Waals surface area (Å²) < 4.78 is 62.8. The fourth-order valence-electron chi connectivity index (χ4n) is 2.39. The van der Waals surface area contributed by atoms with Crippen LogP contribution >= 0.6 is 0 Å². The predicted molar refractivity (Wildman–Crippen MR) is 77.7 cm³/mol. The average Bonchev–Trinajstić information content (AvgIpc) is 2.35. The van der Waals surface area contributed by atoms with E-state index in [1.807, 2.05) is 0 Å². The highest BCUT2D eigenvalue weighted by Gasteiger charge is 2.33. The second-order valence-corrected chi connectivity index (χ2v) is 9.28. The SMILES string of the molecule is Cc1cc(F)c(N)c(C)c1S(=O)(=O)N1CCS(=O)(=O)CC1. The molecule has 0 amide bonds. The summed E-state index contributed by atoms with van der Waals surface area (Å²) in [4.78, 5) is -0.0410. The van der Waals surface area contributed by atoms with E-state index in [0.717, 1.165) is 10.4 Å². The molecule has 0 unspecified atom stereocenters. The highest BCUT2D eigenvalue weighted by atomic mass is 32.2. The third-order valence-electron chi connectivity index (χ3n) is 3.60. The maximum Gasteiger partial charge on any atom is 0.243 e. The number of nitrogen functional groups attached to an aromatic ring is 1. The van der Waals surface area contributed by atoms with Gasteiger partial charge in [0, 0.05) is 13.1 Å². The second-order valence-electron chi connectivity index (χ2n) is 5.10. The van der Waals surface area contributed by atoms with Crippen LogP contribution in [0.15, 0.2) is 11.0 Å². The molecule has 2 N–H and O–H groups in total. The molecule has 1 heterocycles. The lowest BCUT2D eigenvalue weighted by molar-refractivity contribution is 0.430. The maximum absolute atomic E-state index is 13.5. The van der Waals surface area contributed by atoms with Crippen LogP contribution in [0.2, 0.25) is 0 Å². The highest BCUT2D eigenvalue weighted by molar-refractivity contribution is 7.92. The molecular formula is C12H17FN2O4S2. The van der Waals surface area contributed by atoms with Crippen molar-refractivity contribution in [2.24, 2.45) is 0 Å². The van der Waals surface area contributed by atoms with Gasteiger partial charge in [-0.3, -0.25) is 0 Å². The van der Waals surface area contributed by atoms with Gasteiger partial charge in [-0.05, 0) is 31.0 Å². The minimum atomic E-state index is -3.89. The summed E-state index contributed by atoms with van der Waals surface area (Å²) >= 11 is 0. The third-order valence-corrected chi connectivity index (χ3v) is 7.40. The first kappa shape index (κ1) is 16.2. The Balaban J connectivity index is 2.49. The van der Waals surface area contributed by atoms with Crippen LogP contribution in [0.5, 0.6) is 0 Å². The number of anilines is 1. The van der Waals surface area contributed by atoms with Gasteiger partial charge in [-0.15, -0.1) is 0 Å². The van der Waals surface area contributed by atoms with E-state index >= 15 is 0 Å². The van der Waals surface area contributed by atoms with Gasteiger partial charge in [0.05, 0.1) is 22.1 Å². The standard InChI is InChI=1S/C12H17FN2O4S2/c1-8-7-10(13)11(14)9(2)12(8)21(18,19)15-3-5-20(16,17)6-4-15/h7H,3-6,14H2,1-2H3. The molecule has 0 bridgehead atoms. The molecule has 0 radical (unpaired) electrons. The van der Waals surface area contributed by atoms with Crippen LogP contribution < -0.4 is 5.73 Å². The number of aryl methyl sites for hydroxylation is 1. The fraction of sp³-hybridized carbons (Fsp3) is 0.500. The zero-order valence-corrected chi connectivity index (χ0v) is 13.4. The lowest BCUT2D eigenvalue weighted by Crippen LogP contribution is -2.44. The number of hydrogen-bond donors (Lipinski definition) is 1. The highest BCUT2D eigenvalue weighted by Crippen LogP contribution is 2.30. The van der Waals surface area contributed by atoms with E-state index in [0.29, 0.717) is 0 Å². The lowest BCUT2D eigenvalue weighted by atomic mass is 10.1. The van der Waals surface area contributed by atoms with Gasteiger partial charge in [-0.25, -0.2) is 21.2 Å². The number of rotatable bonds is 2. The number of halogens is 1. The van der Waals surface area contributed by atoms with Crippen LogP contribution in [-0.4, -0.2) is 45.7 Å². The molecule has 1 aromatic rings. The van der Waals surface area contributed by atoms with Gasteiger partial charge < -0.3 is 5.73 Å². The Morgan fingerprint density at radius 1 is 1.24 bits per heavy atom. The number of nitrogens with zero attached hydrogens (tertiary/aromatic N) is 1. The van der Waals surface area contributed by atoms with Gasteiger partial charge in [-0.1, -0.05) is 0 Å². The Morgan fingerprint density at radius 2 is 1.76 bits per heavy atom. The van der Waals surface area contributed by atoms with E-state index in [1.54, 1.807) is 0 Å². The van der Waals surface area contributed by atoms with Crippen LogP contribution in [0.25, 0.3) is 0 Å². The first-order valence-corrected chi connectivity index (χ1v) is 9.58. The summed E-state index contributed by atoms with van der Waals surface area (Å²) in [6.07, 6.45) is 0. The number of hydrogen-bond acceptors (Lipinski definition) is 5. The van der Waals surface area contributed by atoms with E-state index < -0.39 is 25.7 Å². The van der Waals surface area contributed by atoms with Crippen LogP contribution in [0.3, 0.4) is 0 Å². The molecule has 1 saturated heterocycles. The Morgan fingerprint density at radius 3 is 2.29 bits per heavy atom. The van der Waals surface area contributed by atoms with Crippen LogP contribution in [0.4, 0.5) is 10.1 Å². The molecule has 0 aromatic heterocycles. The molecule has 118 valence electrons. The van der Waals surface area contributed by atoms with Gasteiger partial charge in [0.15, 0.2) is 9.84 Å². The summed E-state index contributed by atoms with van der Waals surface area (Å²) in [5.41, 5.74) is 5.77. The van der Waals surface area contributed by atoms with Crippen molar-refractivity contribution >= 4 is 25.5 Å². The van der Waals surface area contributed by atoms with Crippen molar-refractivity contribution in [3.63, 3.8) is 0 Å². The monoisotopic (exact) mass is 336 g/mol. The quantitative estimate of drug-likeness (QED) is 0.791. The summed E-state index contributed by atoms with van der Waals surface area (Å²) in [5.74, 6) is -1.08. The average molecular weight is 336 g/mol. The zero-order chi connectivity index (χ0) is 16.0. The largest absolute Gasteiger partial charge is 0.396 e. The third kappa shape index (κ3) is 2.90. The van der Waals surface area contributed by atoms with Gasteiger partial charge >= 0.3 is 0 Å². The molecule has 1 aliphatic rings. The van der Waals surface area contributed by atoms with Crippen molar-refractivity contribution in [3.8, 4) is 0 Å². The van der Waals surface area contributed by atoms with E-state index in [2.05, 4.69) is 0 Å². The van der Waals surface area contributed by atoms with Crippen molar-refractivity contribution < 1.29 is 21.2 Å². The van der Waals surface area contributed by atoms with Gasteiger partial charge in [0.1, 0.15) is 5.82 Å². The van der Waals surface area contributed by atoms with E-state index in [-0.39, 0.29) is 46.3 Å². The normalized spacial score (nSPS) is 19.6. The van der Waals surface area contributed by atoms with E-state index in [9.17, 15) is 21.2 Å². The topological polar surface area (TPSA) is 97.5 Å². The number of sulfone groups is 1. The molecule has 6 nitrogen and oxygen atoms in total. The molecule has 1 fully saturated rings. The second kappa shape index (κ2) is 5.22. The number of benzene rings is 1. The molecular weight excluding hydrogens is 319 g/mol. The fourth-order valence-corrected chi connectivity index (χ4v) is 5.71. The summed E-state index contributed by atoms with van der Waals surface area (Å²) in [6.45, 7) is 2.74. The molecule has 1 aliphatic heterocycles. The van der Waals surface area contributed by atoms with Crippen molar-refractivity contribution in [3.05, 3.63) is 23.0 Å². The number of nitrogens with two attached hydrogens (primary N) is 1. The molecule has 9 heteroatoms. The van der Waals surface area contributed by atoms with Crippen molar-refractivity contribution in [2.45, 2.75) is 18.7 Å². The van der Waals surface area contributed by atoms with Crippen molar-refractivity contribution in [1.29, 1.82) is 0 Å². The van der Waals surface area contributed by atoms with Crippen molar-refractivity contribution in [1.82, 2.24) is 4.31 Å². The minimum absolute atomic E-state index is 0.0410. The molecule has 0 spiro atoms. The maximum atomic E-state index is 13.5. The first-order chi connectivity index (χ1) is 9.56. The first-order valence-electron chi connectivity index (χ1n) is 6.32. The summed E-state index contributed by atoms with van der Waals surface area (Å²) in [6, 6.07) is 1.08. The van der Waals surface area contributed by atoms with Crippen LogP contribution in [-0.2, 0) is 19.9 Å². The van der Waals surface area contributed by atoms with Crippen LogP contribution in [0.1, 0.15) is 11.1 Å². The van der Waals surface area contributed by atoms with Crippen molar-refractivity contribution in [2.75, 3.05) is 30.3 Å². The van der Waals surface area contributed by atoms with E-state index in [4.69, 9.17) is 5.73 Å². The summed E-state index contributed by atoms with van der Waals surface area (Å²) in [5, 5.41) is 0. The van der Waals surface area contributed by atoms with Gasteiger partial charge in [0.2, 0.25) is 10.0 Å². The van der Waals surface area contributed by atoms with Gasteiger partial charge in [-0.2, -0.15) is 4.31 Å². The van der Waals surface area contributed by atoms with Crippen LogP contribution in [0, 0.1) is 19.7 Å². The Hall–Kier alpha value is -1.19. The lowest BCUT2D eigenvalue weighted by Gasteiger charge is -2.27. The molecule has 0 atom stereocenters. The number of sulfonamides is 1. The molecule has 21 heavy (non-hydrogen) atoms. The minimum Gasteiger partial charge on any atom is -0.396 e. The molecule has 2 rings (SSSR count). The van der Waals surface area contributed by atoms with E-state index in [1.165, 1.54) is 13.8 Å². The smallest absolute Gasteiger partial charge is 0.243 e. The Labute approximate surface area is 123 Å². The molecule has 0 aliphatic carbocycles. The van der Waals surface area contributed by atoms with Gasteiger partial charge in [0.25, 0.3) is 0 Å². The predicted octanol–water partition coefficient (Wildman–Crippen LogP) is 0.444. The zero-order valence-electron chi connectivity index (χ0n) is 11.8. The Bertz CT molecular complexity index is 774. The molecule has 0 saturated carbocycles. The Kier molecular flexibility index (Phi) is 4.02.